The van der Waals surface area contributed by atoms with Gasteiger partial charge >= 0.3 is 0 Å². The van der Waals surface area contributed by atoms with Crippen molar-refractivity contribution in [3.05, 3.63) is 54.1 Å². The lowest BCUT2D eigenvalue weighted by molar-refractivity contribution is 0.0953. The first-order valence-electron chi connectivity index (χ1n) is 6.46. The number of amides is 1. The summed E-state index contributed by atoms with van der Waals surface area (Å²) in [6, 6.07) is 15.8. The van der Waals surface area contributed by atoms with E-state index >= 15 is 0 Å². The van der Waals surface area contributed by atoms with Crippen molar-refractivity contribution in [1.29, 1.82) is 0 Å². The Labute approximate surface area is 117 Å². The number of benzene rings is 2. The molecule has 5 N–H and O–H groups in total. The molecule has 2 aromatic carbocycles. The minimum absolute atomic E-state index is 0.127. The van der Waals surface area contributed by atoms with E-state index in [9.17, 15) is 4.79 Å². The van der Waals surface area contributed by atoms with Crippen LogP contribution in [-0.2, 0) is 0 Å². The number of nitrogens with two attached hydrogens (primary N) is 1. The Morgan fingerprint density at radius 1 is 1.20 bits per heavy atom. The Hall–Kier alpha value is -2.31. The summed E-state index contributed by atoms with van der Waals surface area (Å²) in [5, 5.41) is 6.67. The van der Waals surface area contributed by atoms with Crippen LogP contribution in [0.25, 0.3) is 0 Å². The van der Waals surface area contributed by atoms with E-state index < -0.39 is 0 Å². The van der Waals surface area contributed by atoms with Crippen molar-refractivity contribution >= 4 is 29.4 Å². The molecule has 0 atom stereocenters. The van der Waals surface area contributed by atoms with Gasteiger partial charge in [0.25, 0.3) is 12.8 Å². The second-order valence-corrected chi connectivity index (χ2v) is 4.68. The number of hydrogen-bond acceptors (Lipinski definition) is 4. The summed E-state index contributed by atoms with van der Waals surface area (Å²) in [5.74, 6) is 4.88. The average molecular weight is 266 g/mol. The first-order chi connectivity index (χ1) is 9.79. The maximum atomic E-state index is 11.6. The largest absolute Gasteiger partial charge is 0.374 e. The molecular formula is C14H15BN4O. The van der Waals surface area contributed by atoms with Gasteiger partial charge < -0.3 is 10.5 Å². The van der Waals surface area contributed by atoms with E-state index in [4.69, 9.17) is 5.84 Å². The molecule has 20 heavy (non-hydrogen) atoms. The van der Waals surface area contributed by atoms with Gasteiger partial charge in [0, 0.05) is 11.3 Å². The molecule has 1 amide bonds. The Morgan fingerprint density at radius 3 is 2.75 bits per heavy atom. The van der Waals surface area contributed by atoms with Crippen molar-refractivity contribution in [2.75, 3.05) is 12.0 Å². The third-order valence-electron chi connectivity index (χ3n) is 3.48. The van der Waals surface area contributed by atoms with E-state index in [1.54, 1.807) is 6.07 Å². The molecule has 0 bridgehead atoms. The van der Waals surface area contributed by atoms with Gasteiger partial charge in [-0.15, -0.1) is 0 Å². The van der Waals surface area contributed by atoms with E-state index in [1.165, 1.54) is 5.46 Å². The lowest BCUT2D eigenvalue weighted by Crippen LogP contribution is -2.59. The van der Waals surface area contributed by atoms with Crippen LogP contribution in [-0.4, -0.2) is 19.4 Å². The van der Waals surface area contributed by atoms with E-state index in [1.807, 2.05) is 30.3 Å². The number of carbonyl (C=O) groups is 1. The van der Waals surface area contributed by atoms with Crippen LogP contribution in [0.15, 0.2) is 48.5 Å². The Balaban J connectivity index is 2.00. The first-order valence-corrected chi connectivity index (χ1v) is 6.46. The number of nitrogen functional groups attached to an aromatic ring is 1. The molecule has 1 aliphatic rings. The van der Waals surface area contributed by atoms with Gasteiger partial charge in [-0.05, 0) is 17.6 Å². The summed E-state index contributed by atoms with van der Waals surface area (Å²) in [6.45, 7) is 0.780. The third kappa shape index (κ3) is 2.26. The fourth-order valence-corrected chi connectivity index (χ4v) is 2.49. The molecule has 1 aliphatic heterocycles. The van der Waals surface area contributed by atoms with Crippen LogP contribution in [0.4, 0.5) is 5.69 Å². The van der Waals surface area contributed by atoms with Crippen molar-refractivity contribution in [2.24, 2.45) is 5.84 Å². The lowest BCUT2D eigenvalue weighted by Gasteiger charge is -2.26. The number of hydrazine groups is 1. The summed E-state index contributed by atoms with van der Waals surface area (Å²) in [6.07, 6.45) is 0. The number of fused-ring (bicyclic) bond motifs is 1. The molecule has 0 saturated heterocycles. The highest BCUT2D eigenvalue weighted by Crippen LogP contribution is 2.11. The summed E-state index contributed by atoms with van der Waals surface area (Å²) in [5.41, 5.74) is 5.98. The zero-order chi connectivity index (χ0) is 13.9. The predicted molar refractivity (Wildman–Crippen MR) is 81.2 cm³/mol. The van der Waals surface area contributed by atoms with E-state index in [0.717, 1.165) is 11.2 Å². The molecule has 6 heteroatoms. The first kappa shape index (κ1) is 12.7. The standard InChI is InChI=1S/C14H15BN4O/c16-19-14(20)10-6-7-12-13(8-10)17-9-18-15(12)11-4-2-1-3-5-11/h1-8,17-18H,9,16H2,(H,19,20). The minimum atomic E-state index is -0.288. The molecule has 0 saturated carbocycles. The molecule has 0 aliphatic carbocycles. The normalized spacial score (nSPS) is 13.3. The van der Waals surface area contributed by atoms with Crippen LogP contribution < -0.4 is 32.7 Å². The predicted octanol–water partition coefficient (Wildman–Crippen LogP) is -0.632. The van der Waals surface area contributed by atoms with Crippen LogP contribution in [0.2, 0.25) is 0 Å². The number of rotatable bonds is 2. The molecule has 2 aromatic rings. The fourth-order valence-electron chi connectivity index (χ4n) is 2.49. The van der Waals surface area contributed by atoms with Crippen LogP contribution in [0.5, 0.6) is 0 Å². The van der Waals surface area contributed by atoms with Crippen molar-refractivity contribution in [3.8, 4) is 0 Å². The monoisotopic (exact) mass is 266 g/mol. The number of nitrogens with one attached hydrogen (secondary N) is 3. The van der Waals surface area contributed by atoms with E-state index in [0.29, 0.717) is 12.2 Å². The van der Waals surface area contributed by atoms with Crippen LogP contribution in [0.1, 0.15) is 10.4 Å². The maximum Gasteiger partial charge on any atom is 0.292 e. The molecule has 1 heterocycles. The van der Waals surface area contributed by atoms with E-state index in [-0.39, 0.29) is 12.8 Å². The van der Waals surface area contributed by atoms with Gasteiger partial charge in [-0.1, -0.05) is 41.9 Å². The van der Waals surface area contributed by atoms with Gasteiger partial charge in [0.1, 0.15) is 0 Å². The summed E-state index contributed by atoms with van der Waals surface area (Å²) >= 11 is 0. The van der Waals surface area contributed by atoms with Crippen molar-refractivity contribution in [3.63, 3.8) is 0 Å². The molecule has 0 unspecified atom stereocenters. The topological polar surface area (TPSA) is 79.2 Å². The zero-order valence-corrected chi connectivity index (χ0v) is 10.9. The summed E-state index contributed by atoms with van der Waals surface area (Å²) in [7, 11) is 0. The third-order valence-corrected chi connectivity index (χ3v) is 3.48. The zero-order valence-electron chi connectivity index (χ0n) is 10.9. The number of carbonyl (C=O) groups excluding carboxylic acids is 1. The van der Waals surface area contributed by atoms with Gasteiger partial charge in [-0.25, -0.2) is 5.84 Å². The van der Waals surface area contributed by atoms with Gasteiger partial charge in [-0.3, -0.25) is 10.2 Å². The molecule has 0 spiro atoms. The number of anilines is 1. The van der Waals surface area contributed by atoms with Crippen molar-refractivity contribution < 1.29 is 4.79 Å². The highest BCUT2D eigenvalue weighted by atomic mass is 16.2. The molecule has 100 valence electrons. The maximum absolute atomic E-state index is 11.6. The summed E-state index contributed by atoms with van der Waals surface area (Å²) < 4.78 is 0. The Bertz CT molecular complexity index is 632. The van der Waals surface area contributed by atoms with Gasteiger partial charge in [0.05, 0.1) is 6.67 Å². The van der Waals surface area contributed by atoms with Crippen molar-refractivity contribution in [2.45, 2.75) is 0 Å². The molecule has 0 radical (unpaired) electrons. The van der Waals surface area contributed by atoms with Crippen LogP contribution >= 0.6 is 0 Å². The second kappa shape index (κ2) is 5.36. The van der Waals surface area contributed by atoms with Gasteiger partial charge in [-0.2, -0.15) is 0 Å². The molecule has 3 rings (SSSR count). The Morgan fingerprint density at radius 2 is 2.00 bits per heavy atom. The van der Waals surface area contributed by atoms with Crippen molar-refractivity contribution in [1.82, 2.24) is 10.7 Å². The molecule has 5 nitrogen and oxygen atoms in total. The number of hydrogen-bond donors (Lipinski definition) is 4. The highest BCUT2D eigenvalue weighted by Gasteiger charge is 2.25. The van der Waals surface area contributed by atoms with Gasteiger partial charge in [0.2, 0.25) is 0 Å². The molecule has 0 aromatic heterocycles. The Kier molecular flexibility index (Phi) is 3.41. The average Bonchev–Trinajstić information content (AvgIpc) is 2.53. The SMILES string of the molecule is NNC(=O)c1ccc2c(c1)NCNB2c1ccccc1. The smallest absolute Gasteiger partial charge is 0.292 e. The second-order valence-electron chi connectivity index (χ2n) is 4.68. The van der Waals surface area contributed by atoms with Crippen LogP contribution in [0, 0.1) is 0 Å². The van der Waals surface area contributed by atoms with Crippen LogP contribution in [0.3, 0.4) is 0 Å². The fraction of sp³-hybridized carbons (Fsp3) is 0.0714. The highest BCUT2D eigenvalue weighted by molar-refractivity contribution is 6.84. The minimum Gasteiger partial charge on any atom is -0.374 e. The quantitative estimate of drug-likeness (QED) is 0.252. The molecular weight excluding hydrogens is 251 g/mol. The van der Waals surface area contributed by atoms with Gasteiger partial charge in [0.15, 0.2) is 0 Å². The summed E-state index contributed by atoms with van der Waals surface area (Å²) in [4.78, 5) is 11.6. The molecule has 0 fully saturated rings. The lowest BCUT2D eigenvalue weighted by atomic mass is 9.49. The van der Waals surface area contributed by atoms with E-state index in [2.05, 4.69) is 28.1 Å².